The fourth-order valence-electron chi connectivity index (χ4n) is 5.95. The predicted octanol–water partition coefficient (Wildman–Crippen LogP) is 11.6. The molecule has 0 N–H and O–H groups in total. The fraction of sp³-hybridized carbons (Fsp3) is 0.119. The number of hydrogen-bond acceptors (Lipinski definition) is 1. The van der Waals surface area contributed by atoms with Gasteiger partial charge in [-0.1, -0.05) is 115 Å². The summed E-state index contributed by atoms with van der Waals surface area (Å²) in [5.74, 6) is 0. The monoisotopic (exact) mass is 555 g/mol. The van der Waals surface area contributed by atoms with Crippen molar-refractivity contribution in [3.05, 3.63) is 168 Å². The highest BCUT2D eigenvalue weighted by atomic mass is 14.7. The highest BCUT2D eigenvalue weighted by Gasteiger charge is 2.13. The standard InChI is InChI=1S/C23H21N.C19H16/c1-16-8-6-7-11-21(16)22-15-20(18-9-4-3-5-10-18)14-19-12-13-24-17(2)23(19)22;1-15-12-18(16-8-4-2-5-9-16)14-19(13-15)17-10-6-3-7-11-17/h4,6-15H,3,5H2,1-2H3;2-14H,1H3. The van der Waals surface area contributed by atoms with Crippen molar-refractivity contribution in [1.82, 2.24) is 4.98 Å². The number of rotatable bonds is 4. The molecule has 0 bridgehead atoms. The third-order valence-electron chi connectivity index (χ3n) is 8.11. The Balaban J connectivity index is 0.000000157. The van der Waals surface area contributed by atoms with Crippen LogP contribution in [0.5, 0.6) is 0 Å². The van der Waals surface area contributed by atoms with Gasteiger partial charge in [0.25, 0.3) is 0 Å². The topological polar surface area (TPSA) is 12.9 Å². The molecule has 0 saturated carbocycles. The Morgan fingerprint density at radius 2 is 1.19 bits per heavy atom. The smallest absolute Gasteiger partial charge is 0.0457 e. The van der Waals surface area contributed by atoms with E-state index < -0.39 is 0 Å². The normalized spacial score (nSPS) is 12.4. The first-order chi connectivity index (χ1) is 21.1. The van der Waals surface area contributed by atoms with E-state index in [-0.39, 0.29) is 0 Å². The highest BCUT2D eigenvalue weighted by molar-refractivity contribution is 6.01. The van der Waals surface area contributed by atoms with Crippen LogP contribution < -0.4 is 0 Å². The molecular weight excluding hydrogens is 518 g/mol. The van der Waals surface area contributed by atoms with Gasteiger partial charge in [-0.2, -0.15) is 0 Å². The molecule has 0 radical (unpaired) electrons. The van der Waals surface area contributed by atoms with E-state index in [0.29, 0.717) is 0 Å². The van der Waals surface area contributed by atoms with Crippen LogP contribution in [0.25, 0.3) is 49.7 Å². The molecule has 1 aliphatic rings. The number of fused-ring (bicyclic) bond motifs is 1. The molecule has 1 heteroatoms. The summed E-state index contributed by atoms with van der Waals surface area (Å²) in [6, 6.07) is 43.2. The Labute approximate surface area is 255 Å². The number of aryl methyl sites for hydroxylation is 3. The summed E-state index contributed by atoms with van der Waals surface area (Å²) in [7, 11) is 0. The van der Waals surface area contributed by atoms with Gasteiger partial charge in [0.05, 0.1) is 0 Å². The minimum absolute atomic E-state index is 1.09. The van der Waals surface area contributed by atoms with E-state index >= 15 is 0 Å². The third kappa shape index (κ3) is 6.42. The molecule has 0 amide bonds. The van der Waals surface area contributed by atoms with Crippen molar-refractivity contribution >= 4 is 16.3 Å². The van der Waals surface area contributed by atoms with Crippen LogP contribution in [0.1, 0.15) is 35.2 Å². The van der Waals surface area contributed by atoms with E-state index in [0.717, 1.165) is 18.5 Å². The summed E-state index contributed by atoms with van der Waals surface area (Å²) in [6.45, 7) is 6.43. The summed E-state index contributed by atoms with van der Waals surface area (Å²) < 4.78 is 0. The van der Waals surface area contributed by atoms with Gasteiger partial charge in [0.15, 0.2) is 0 Å². The summed E-state index contributed by atoms with van der Waals surface area (Å²) in [5.41, 5.74) is 14.0. The van der Waals surface area contributed by atoms with Crippen LogP contribution >= 0.6 is 0 Å². The van der Waals surface area contributed by atoms with E-state index in [1.165, 1.54) is 66.4 Å². The van der Waals surface area contributed by atoms with Crippen molar-refractivity contribution < 1.29 is 0 Å². The second-order valence-corrected chi connectivity index (χ2v) is 11.3. The number of aromatic nitrogens is 1. The molecule has 1 aromatic heterocycles. The molecule has 7 rings (SSSR count). The minimum Gasteiger partial charge on any atom is -0.261 e. The number of allylic oxidation sites excluding steroid dienone is 4. The Kier molecular flexibility index (Phi) is 8.42. The molecule has 1 aliphatic carbocycles. The van der Waals surface area contributed by atoms with Crippen molar-refractivity contribution in [2.45, 2.75) is 33.6 Å². The van der Waals surface area contributed by atoms with Crippen LogP contribution in [-0.2, 0) is 0 Å². The van der Waals surface area contributed by atoms with Crippen molar-refractivity contribution in [1.29, 1.82) is 0 Å². The quantitative estimate of drug-likeness (QED) is 0.211. The number of nitrogens with zero attached hydrogens (tertiary/aromatic N) is 1. The Bertz CT molecular complexity index is 1870. The van der Waals surface area contributed by atoms with Crippen LogP contribution in [-0.4, -0.2) is 4.98 Å². The average molecular weight is 556 g/mol. The average Bonchev–Trinajstić information content (AvgIpc) is 3.06. The number of pyridine rings is 1. The van der Waals surface area contributed by atoms with Gasteiger partial charge < -0.3 is 0 Å². The van der Waals surface area contributed by atoms with Crippen LogP contribution in [0.3, 0.4) is 0 Å². The second-order valence-electron chi connectivity index (χ2n) is 11.3. The molecular formula is C42H37N. The van der Waals surface area contributed by atoms with E-state index in [2.05, 4.69) is 165 Å². The van der Waals surface area contributed by atoms with Crippen molar-refractivity contribution in [3.63, 3.8) is 0 Å². The molecule has 0 unspecified atom stereocenters. The maximum Gasteiger partial charge on any atom is 0.0457 e. The number of benzene rings is 5. The molecule has 1 nitrogen and oxygen atoms in total. The van der Waals surface area contributed by atoms with Gasteiger partial charge >= 0.3 is 0 Å². The van der Waals surface area contributed by atoms with Gasteiger partial charge in [0, 0.05) is 17.3 Å². The maximum absolute atomic E-state index is 4.54. The first-order valence-corrected chi connectivity index (χ1v) is 15.1. The van der Waals surface area contributed by atoms with Gasteiger partial charge in [0.1, 0.15) is 0 Å². The molecule has 0 aliphatic heterocycles. The zero-order valence-electron chi connectivity index (χ0n) is 25.2. The predicted molar refractivity (Wildman–Crippen MR) is 185 cm³/mol. The van der Waals surface area contributed by atoms with Crippen LogP contribution in [0.15, 0.2) is 146 Å². The first-order valence-electron chi connectivity index (χ1n) is 15.1. The highest BCUT2D eigenvalue weighted by Crippen LogP contribution is 2.36. The van der Waals surface area contributed by atoms with Crippen molar-refractivity contribution in [2.24, 2.45) is 0 Å². The van der Waals surface area contributed by atoms with E-state index in [9.17, 15) is 0 Å². The van der Waals surface area contributed by atoms with E-state index in [1.807, 2.05) is 6.20 Å². The lowest BCUT2D eigenvalue weighted by molar-refractivity contribution is 1.04. The summed E-state index contributed by atoms with van der Waals surface area (Å²) in [4.78, 5) is 4.54. The molecule has 43 heavy (non-hydrogen) atoms. The Morgan fingerprint density at radius 1 is 0.535 bits per heavy atom. The summed E-state index contributed by atoms with van der Waals surface area (Å²) in [5, 5.41) is 2.52. The molecule has 1 heterocycles. The van der Waals surface area contributed by atoms with Crippen LogP contribution in [0, 0.1) is 20.8 Å². The maximum atomic E-state index is 4.54. The lowest BCUT2D eigenvalue weighted by atomic mass is 9.89. The fourth-order valence-corrected chi connectivity index (χ4v) is 5.95. The molecule has 6 aromatic rings. The van der Waals surface area contributed by atoms with E-state index in [1.54, 1.807) is 0 Å². The Hall–Kier alpha value is -5.01. The first kappa shape index (κ1) is 28.1. The van der Waals surface area contributed by atoms with Crippen LogP contribution in [0.4, 0.5) is 0 Å². The molecule has 0 spiro atoms. The summed E-state index contributed by atoms with van der Waals surface area (Å²) >= 11 is 0. The van der Waals surface area contributed by atoms with Gasteiger partial charge in [-0.05, 0) is 119 Å². The molecule has 0 fully saturated rings. The van der Waals surface area contributed by atoms with Gasteiger partial charge in [-0.25, -0.2) is 0 Å². The van der Waals surface area contributed by atoms with Crippen LogP contribution in [0.2, 0.25) is 0 Å². The minimum atomic E-state index is 1.09. The molecule has 0 saturated heterocycles. The van der Waals surface area contributed by atoms with Crippen molar-refractivity contribution in [3.8, 4) is 33.4 Å². The SMILES string of the molecule is Cc1cc(-c2ccccc2)cc(-c2ccccc2)c1.Cc1ccccc1-c1cc(C2=CCCC=C2)cc2ccnc(C)c12. The summed E-state index contributed by atoms with van der Waals surface area (Å²) in [6.07, 6.45) is 11.0. The second kappa shape index (κ2) is 12.9. The van der Waals surface area contributed by atoms with Gasteiger partial charge in [-0.15, -0.1) is 0 Å². The molecule has 210 valence electrons. The van der Waals surface area contributed by atoms with Gasteiger partial charge in [-0.3, -0.25) is 4.98 Å². The zero-order valence-corrected chi connectivity index (χ0v) is 25.2. The lowest BCUT2D eigenvalue weighted by Crippen LogP contribution is -1.94. The van der Waals surface area contributed by atoms with E-state index in [4.69, 9.17) is 0 Å². The number of hydrogen-bond donors (Lipinski definition) is 0. The largest absolute Gasteiger partial charge is 0.261 e. The third-order valence-corrected chi connectivity index (χ3v) is 8.11. The zero-order chi connectivity index (χ0) is 29.6. The molecule has 5 aromatic carbocycles. The molecule has 0 atom stereocenters. The lowest BCUT2D eigenvalue weighted by Gasteiger charge is -2.15. The van der Waals surface area contributed by atoms with Crippen molar-refractivity contribution in [2.75, 3.05) is 0 Å². The van der Waals surface area contributed by atoms with Gasteiger partial charge in [0.2, 0.25) is 0 Å². The Morgan fingerprint density at radius 3 is 1.81 bits per heavy atom.